The van der Waals surface area contributed by atoms with Crippen molar-refractivity contribution in [3.8, 4) is 6.07 Å². The lowest BCUT2D eigenvalue weighted by molar-refractivity contribution is 0.211. The van der Waals surface area contributed by atoms with Gasteiger partial charge in [0.05, 0.1) is 11.5 Å². The predicted molar refractivity (Wildman–Crippen MR) is 122 cm³/mol. The number of benzene rings is 2. The molecule has 0 bridgehead atoms. The van der Waals surface area contributed by atoms with Gasteiger partial charge in [0, 0.05) is 6.54 Å². The Hall–Kier alpha value is -2.18. The largest absolute Gasteiger partial charge is 0.299 e. The number of halogens is 1. The second-order valence-corrected chi connectivity index (χ2v) is 8.79. The fourth-order valence-corrected chi connectivity index (χ4v) is 5.15. The third-order valence-electron chi connectivity index (χ3n) is 6.70. The van der Waals surface area contributed by atoms with Crippen LogP contribution in [-0.4, -0.2) is 18.0 Å². The molecule has 1 atom stereocenters. The average molecular weight is 407 g/mol. The van der Waals surface area contributed by atoms with Crippen molar-refractivity contribution in [2.75, 3.05) is 13.1 Å². The summed E-state index contributed by atoms with van der Waals surface area (Å²) in [6, 6.07) is 20.1. The molecule has 3 rings (SSSR count). The standard InChI is InChI=1S/C27H35FN2/c1-2-19-30(21-23-10-5-3-6-11-23)20-9-18-27(22-29,24-12-7-4-8-13-24)25-14-16-26(28)17-15-25/h3,5-6,10-11,14-17,24H,2,4,7-9,12-13,18-21H2,1H3. The van der Waals surface area contributed by atoms with Gasteiger partial charge in [-0.1, -0.05) is 68.7 Å². The minimum atomic E-state index is -0.501. The zero-order chi connectivity index (χ0) is 21.2. The van der Waals surface area contributed by atoms with Crippen molar-refractivity contribution in [1.29, 1.82) is 5.26 Å². The highest BCUT2D eigenvalue weighted by Crippen LogP contribution is 2.44. The van der Waals surface area contributed by atoms with Gasteiger partial charge in [-0.05, 0) is 74.4 Å². The molecular weight excluding hydrogens is 371 g/mol. The summed E-state index contributed by atoms with van der Waals surface area (Å²) < 4.78 is 13.6. The van der Waals surface area contributed by atoms with Crippen molar-refractivity contribution in [3.63, 3.8) is 0 Å². The van der Waals surface area contributed by atoms with Gasteiger partial charge in [-0.2, -0.15) is 5.26 Å². The van der Waals surface area contributed by atoms with Crippen LogP contribution < -0.4 is 0 Å². The van der Waals surface area contributed by atoms with Crippen LogP contribution in [0.3, 0.4) is 0 Å². The summed E-state index contributed by atoms with van der Waals surface area (Å²) in [5.74, 6) is 0.140. The Morgan fingerprint density at radius 2 is 1.70 bits per heavy atom. The zero-order valence-corrected chi connectivity index (χ0v) is 18.3. The summed E-state index contributed by atoms with van der Waals surface area (Å²) in [4.78, 5) is 2.50. The van der Waals surface area contributed by atoms with E-state index in [1.54, 1.807) is 0 Å². The van der Waals surface area contributed by atoms with E-state index in [-0.39, 0.29) is 5.82 Å². The van der Waals surface area contributed by atoms with E-state index in [1.807, 2.05) is 12.1 Å². The Balaban J connectivity index is 1.73. The Bertz CT molecular complexity index is 790. The van der Waals surface area contributed by atoms with Crippen LogP contribution in [0.5, 0.6) is 0 Å². The van der Waals surface area contributed by atoms with Crippen LogP contribution in [0.2, 0.25) is 0 Å². The molecule has 0 radical (unpaired) electrons. The lowest BCUT2D eigenvalue weighted by Crippen LogP contribution is -2.36. The topological polar surface area (TPSA) is 27.0 Å². The molecule has 160 valence electrons. The van der Waals surface area contributed by atoms with Gasteiger partial charge in [0.25, 0.3) is 0 Å². The summed E-state index contributed by atoms with van der Waals surface area (Å²) in [6.07, 6.45) is 8.82. The summed E-state index contributed by atoms with van der Waals surface area (Å²) in [6.45, 7) is 5.22. The number of nitriles is 1. The number of hydrogen-bond acceptors (Lipinski definition) is 2. The van der Waals surface area contributed by atoms with Gasteiger partial charge in [0.15, 0.2) is 0 Å². The Kier molecular flexibility index (Phi) is 8.46. The summed E-state index contributed by atoms with van der Waals surface area (Å²) in [7, 11) is 0. The average Bonchev–Trinajstić information content (AvgIpc) is 2.79. The van der Waals surface area contributed by atoms with Crippen LogP contribution in [0.25, 0.3) is 0 Å². The van der Waals surface area contributed by atoms with Crippen LogP contribution in [-0.2, 0) is 12.0 Å². The Morgan fingerprint density at radius 1 is 1.00 bits per heavy atom. The van der Waals surface area contributed by atoms with E-state index < -0.39 is 5.41 Å². The van der Waals surface area contributed by atoms with Gasteiger partial charge in [-0.3, -0.25) is 4.90 Å². The van der Waals surface area contributed by atoms with Crippen LogP contribution >= 0.6 is 0 Å². The molecule has 30 heavy (non-hydrogen) atoms. The van der Waals surface area contributed by atoms with Crippen molar-refractivity contribution in [2.24, 2.45) is 5.92 Å². The number of rotatable bonds is 10. The first-order chi connectivity index (χ1) is 14.7. The minimum absolute atomic E-state index is 0.230. The van der Waals surface area contributed by atoms with E-state index in [0.29, 0.717) is 5.92 Å². The van der Waals surface area contributed by atoms with Gasteiger partial charge >= 0.3 is 0 Å². The maximum absolute atomic E-state index is 13.6. The molecule has 1 fully saturated rings. The molecule has 0 N–H and O–H groups in total. The van der Waals surface area contributed by atoms with Crippen LogP contribution in [0.4, 0.5) is 4.39 Å². The van der Waals surface area contributed by atoms with Crippen molar-refractivity contribution in [3.05, 3.63) is 71.5 Å². The molecule has 0 saturated heterocycles. The molecule has 2 aromatic carbocycles. The van der Waals surface area contributed by atoms with Crippen molar-refractivity contribution in [2.45, 2.75) is 70.3 Å². The molecule has 2 nitrogen and oxygen atoms in total. The molecule has 0 heterocycles. The van der Waals surface area contributed by atoms with Crippen LogP contribution in [0, 0.1) is 23.1 Å². The predicted octanol–water partition coefficient (Wildman–Crippen LogP) is 6.86. The fourth-order valence-electron chi connectivity index (χ4n) is 5.15. The van der Waals surface area contributed by atoms with E-state index in [0.717, 1.165) is 57.3 Å². The van der Waals surface area contributed by atoms with E-state index in [9.17, 15) is 9.65 Å². The maximum atomic E-state index is 13.6. The smallest absolute Gasteiger partial charge is 0.123 e. The van der Waals surface area contributed by atoms with E-state index >= 15 is 0 Å². The van der Waals surface area contributed by atoms with E-state index in [2.05, 4.69) is 48.2 Å². The minimum Gasteiger partial charge on any atom is -0.299 e. The highest BCUT2D eigenvalue weighted by atomic mass is 19.1. The number of hydrogen-bond donors (Lipinski definition) is 0. The third-order valence-corrected chi connectivity index (χ3v) is 6.70. The summed E-state index contributed by atoms with van der Waals surface area (Å²) in [5.41, 5.74) is 1.84. The molecular formula is C27H35FN2. The van der Waals surface area contributed by atoms with Gasteiger partial charge in [-0.15, -0.1) is 0 Å². The van der Waals surface area contributed by atoms with E-state index in [4.69, 9.17) is 0 Å². The van der Waals surface area contributed by atoms with Crippen molar-refractivity contribution >= 4 is 0 Å². The van der Waals surface area contributed by atoms with E-state index in [1.165, 1.54) is 37.0 Å². The second-order valence-electron chi connectivity index (χ2n) is 8.79. The van der Waals surface area contributed by atoms with Crippen LogP contribution in [0.15, 0.2) is 54.6 Å². The van der Waals surface area contributed by atoms with Gasteiger partial charge in [0.1, 0.15) is 5.82 Å². The Morgan fingerprint density at radius 3 is 2.33 bits per heavy atom. The Labute approximate surface area is 181 Å². The highest BCUT2D eigenvalue weighted by molar-refractivity contribution is 5.34. The SMILES string of the molecule is CCCN(CCCC(C#N)(c1ccc(F)cc1)C1CCCCC1)Cc1ccccc1. The molecule has 1 aliphatic carbocycles. The summed E-state index contributed by atoms with van der Waals surface area (Å²) >= 11 is 0. The molecule has 0 amide bonds. The van der Waals surface area contributed by atoms with Gasteiger partial charge < -0.3 is 0 Å². The monoisotopic (exact) mass is 406 g/mol. The third kappa shape index (κ3) is 5.70. The van der Waals surface area contributed by atoms with Crippen molar-refractivity contribution < 1.29 is 4.39 Å². The quantitative estimate of drug-likeness (QED) is 0.431. The first-order valence-corrected chi connectivity index (χ1v) is 11.6. The summed E-state index contributed by atoms with van der Waals surface area (Å²) in [5, 5.41) is 10.4. The molecule has 1 unspecified atom stereocenters. The molecule has 0 spiro atoms. The fraction of sp³-hybridized carbons (Fsp3) is 0.519. The number of nitrogens with zero attached hydrogens (tertiary/aromatic N) is 2. The highest BCUT2D eigenvalue weighted by Gasteiger charge is 2.40. The molecule has 1 aliphatic rings. The molecule has 0 aliphatic heterocycles. The molecule has 0 aromatic heterocycles. The lowest BCUT2D eigenvalue weighted by atomic mass is 9.63. The zero-order valence-electron chi connectivity index (χ0n) is 18.3. The van der Waals surface area contributed by atoms with Gasteiger partial charge in [-0.25, -0.2) is 4.39 Å². The molecule has 1 saturated carbocycles. The molecule has 2 aromatic rings. The second kappa shape index (κ2) is 11.3. The van der Waals surface area contributed by atoms with Crippen LogP contribution in [0.1, 0.15) is 69.4 Å². The van der Waals surface area contributed by atoms with Gasteiger partial charge in [0.2, 0.25) is 0 Å². The normalized spacial score (nSPS) is 16.9. The molecule has 3 heteroatoms. The first kappa shape index (κ1) is 22.5. The lowest BCUT2D eigenvalue weighted by Gasteiger charge is -2.38. The first-order valence-electron chi connectivity index (χ1n) is 11.6. The maximum Gasteiger partial charge on any atom is 0.123 e. The van der Waals surface area contributed by atoms with Crippen molar-refractivity contribution in [1.82, 2.24) is 4.90 Å².